The third-order valence-corrected chi connectivity index (χ3v) is 6.18. The van der Waals surface area contributed by atoms with E-state index in [0.29, 0.717) is 18.8 Å². The molecule has 2 aliphatic rings. The van der Waals surface area contributed by atoms with Gasteiger partial charge in [0.2, 0.25) is 0 Å². The zero-order chi connectivity index (χ0) is 20.9. The quantitative estimate of drug-likeness (QED) is 0.736. The topological polar surface area (TPSA) is 65.9 Å². The van der Waals surface area contributed by atoms with Gasteiger partial charge in [0.25, 0.3) is 0 Å². The Morgan fingerprint density at radius 2 is 1.79 bits per heavy atom. The first-order valence-corrected chi connectivity index (χ1v) is 11.0. The Kier molecular flexibility index (Phi) is 7.17. The highest BCUT2D eigenvalue weighted by molar-refractivity contribution is 5.71. The lowest BCUT2D eigenvalue weighted by atomic mass is 9.76. The summed E-state index contributed by atoms with van der Waals surface area (Å²) in [5.74, 6) is 0.359. The molecule has 0 bridgehead atoms. The summed E-state index contributed by atoms with van der Waals surface area (Å²) in [5, 5.41) is 10.8. The van der Waals surface area contributed by atoms with E-state index in [9.17, 15) is 9.90 Å². The van der Waals surface area contributed by atoms with E-state index >= 15 is 0 Å². The summed E-state index contributed by atoms with van der Waals surface area (Å²) in [7, 11) is 0. The zero-order valence-electron chi connectivity index (χ0n) is 18.3. The van der Waals surface area contributed by atoms with E-state index < -0.39 is 11.2 Å². The number of ether oxygens (including phenoxy) is 1. The number of pyridine rings is 1. The van der Waals surface area contributed by atoms with Crippen LogP contribution in [-0.2, 0) is 9.53 Å². The third-order valence-electron chi connectivity index (χ3n) is 6.18. The minimum absolute atomic E-state index is 0.119. The van der Waals surface area contributed by atoms with E-state index in [0.717, 1.165) is 45.6 Å². The summed E-state index contributed by atoms with van der Waals surface area (Å²) in [5.41, 5.74) is -0.114. The van der Waals surface area contributed by atoms with Crippen LogP contribution in [0.2, 0.25) is 0 Å². The first kappa shape index (κ1) is 22.0. The van der Waals surface area contributed by atoms with Gasteiger partial charge in [0.1, 0.15) is 5.60 Å². The van der Waals surface area contributed by atoms with E-state index in [1.54, 1.807) is 0 Å². The van der Waals surface area contributed by atoms with Gasteiger partial charge in [-0.1, -0.05) is 0 Å². The molecule has 2 fully saturated rings. The fraction of sp³-hybridized carbons (Fsp3) is 0.739. The Morgan fingerprint density at radius 1 is 1.17 bits per heavy atom. The fourth-order valence-electron chi connectivity index (χ4n) is 4.48. The number of carbonyl (C=O) groups is 1. The molecule has 162 valence electrons. The predicted octanol–water partition coefficient (Wildman–Crippen LogP) is 3.25. The predicted molar refractivity (Wildman–Crippen MR) is 115 cm³/mol. The number of nitrogens with zero attached hydrogens (tertiary/aromatic N) is 3. The number of anilines is 1. The number of hydrogen-bond donors (Lipinski definition) is 1. The van der Waals surface area contributed by atoms with Crippen molar-refractivity contribution in [1.29, 1.82) is 0 Å². The molecule has 0 atom stereocenters. The van der Waals surface area contributed by atoms with E-state index in [-0.39, 0.29) is 12.4 Å². The van der Waals surface area contributed by atoms with E-state index in [1.807, 2.05) is 33.2 Å². The molecule has 6 nitrogen and oxygen atoms in total. The number of carbonyl (C=O) groups excluding carboxylic acids is 1. The summed E-state index contributed by atoms with van der Waals surface area (Å²) >= 11 is 0. The standard InChI is InChI=1S/C23H37N3O3/c1-22(2,3)29-21(27)18-23(28)9-4-19(5-10-23)8-13-25-14-16-26(17-15-25)20-6-11-24-12-7-20/h6-7,11-12,19,28H,4-5,8-10,13-18H2,1-3H3. The Labute approximate surface area is 175 Å². The molecule has 2 heterocycles. The van der Waals surface area contributed by atoms with Crippen LogP contribution in [0.5, 0.6) is 0 Å². The van der Waals surface area contributed by atoms with Crippen LogP contribution >= 0.6 is 0 Å². The Hall–Kier alpha value is -1.66. The summed E-state index contributed by atoms with van der Waals surface area (Å²) in [6.07, 6.45) is 8.40. The van der Waals surface area contributed by atoms with Gasteiger partial charge in [-0.3, -0.25) is 14.7 Å². The van der Waals surface area contributed by atoms with Gasteiger partial charge in [-0.15, -0.1) is 0 Å². The number of piperazine rings is 1. The maximum atomic E-state index is 12.1. The lowest BCUT2D eigenvalue weighted by Gasteiger charge is -2.38. The second-order valence-electron chi connectivity index (χ2n) is 9.75. The molecule has 3 rings (SSSR count). The number of hydrogen-bond acceptors (Lipinski definition) is 6. The van der Waals surface area contributed by atoms with Crippen molar-refractivity contribution in [2.75, 3.05) is 37.6 Å². The molecule has 6 heteroatoms. The molecule has 0 radical (unpaired) electrons. The normalized spacial score (nSPS) is 26.3. The molecule has 0 unspecified atom stereocenters. The van der Waals surface area contributed by atoms with Crippen LogP contribution in [0.4, 0.5) is 5.69 Å². The molecule has 0 aromatic carbocycles. The van der Waals surface area contributed by atoms with Gasteiger partial charge in [-0.05, 0) is 77.5 Å². The molecule has 1 aliphatic carbocycles. The highest BCUT2D eigenvalue weighted by atomic mass is 16.6. The van der Waals surface area contributed by atoms with Crippen molar-refractivity contribution in [2.45, 2.75) is 70.5 Å². The summed E-state index contributed by atoms with van der Waals surface area (Å²) in [6, 6.07) is 4.16. The fourth-order valence-corrected chi connectivity index (χ4v) is 4.48. The number of aliphatic hydroxyl groups is 1. The van der Waals surface area contributed by atoms with Crippen molar-refractivity contribution in [3.05, 3.63) is 24.5 Å². The summed E-state index contributed by atoms with van der Waals surface area (Å²) in [4.78, 5) is 21.2. The SMILES string of the molecule is CC(C)(C)OC(=O)CC1(O)CCC(CCN2CCN(c3ccncc3)CC2)CC1. The van der Waals surface area contributed by atoms with Gasteiger partial charge >= 0.3 is 5.97 Å². The third kappa shape index (κ3) is 6.96. The molecule has 1 aliphatic heterocycles. The van der Waals surface area contributed by atoms with Crippen molar-refractivity contribution >= 4 is 11.7 Å². The van der Waals surface area contributed by atoms with Crippen molar-refractivity contribution < 1.29 is 14.6 Å². The van der Waals surface area contributed by atoms with Gasteiger partial charge < -0.3 is 14.7 Å². The van der Waals surface area contributed by atoms with Crippen LogP contribution in [0.25, 0.3) is 0 Å². The van der Waals surface area contributed by atoms with E-state index in [1.165, 1.54) is 12.1 Å². The first-order chi connectivity index (χ1) is 13.7. The van der Waals surface area contributed by atoms with Crippen LogP contribution < -0.4 is 4.90 Å². The highest BCUT2D eigenvalue weighted by Gasteiger charge is 2.36. The second kappa shape index (κ2) is 9.43. The minimum Gasteiger partial charge on any atom is -0.460 e. The van der Waals surface area contributed by atoms with Gasteiger partial charge in [0.15, 0.2) is 0 Å². The van der Waals surface area contributed by atoms with Crippen LogP contribution in [0.15, 0.2) is 24.5 Å². The number of aromatic nitrogens is 1. The molecule has 29 heavy (non-hydrogen) atoms. The largest absolute Gasteiger partial charge is 0.460 e. The second-order valence-corrected chi connectivity index (χ2v) is 9.75. The molecule has 0 amide bonds. The Morgan fingerprint density at radius 3 is 2.38 bits per heavy atom. The molecule has 1 aromatic rings. The van der Waals surface area contributed by atoms with Gasteiger partial charge in [0, 0.05) is 44.3 Å². The summed E-state index contributed by atoms with van der Waals surface area (Å²) < 4.78 is 5.39. The van der Waals surface area contributed by atoms with Crippen molar-refractivity contribution in [1.82, 2.24) is 9.88 Å². The highest BCUT2D eigenvalue weighted by Crippen LogP contribution is 2.36. The number of esters is 1. The average molecular weight is 404 g/mol. The molecule has 1 N–H and O–H groups in total. The molecular formula is C23H37N3O3. The molecule has 1 saturated heterocycles. The van der Waals surface area contributed by atoms with Gasteiger partial charge in [-0.2, -0.15) is 0 Å². The van der Waals surface area contributed by atoms with E-state index in [2.05, 4.69) is 26.9 Å². The maximum absolute atomic E-state index is 12.1. The van der Waals surface area contributed by atoms with E-state index in [4.69, 9.17) is 4.74 Å². The Balaban J connectivity index is 1.35. The lowest BCUT2D eigenvalue weighted by molar-refractivity contribution is -0.162. The average Bonchev–Trinajstić information content (AvgIpc) is 2.67. The van der Waals surface area contributed by atoms with Crippen LogP contribution in [0.1, 0.15) is 59.3 Å². The van der Waals surface area contributed by atoms with Crippen LogP contribution in [0.3, 0.4) is 0 Å². The minimum atomic E-state index is -0.880. The van der Waals surface area contributed by atoms with Crippen LogP contribution in [-0.4, -0.2) is 64.9 Å². The molecular weight excluding hydrogens is 366 g/mol. The van der Waals surface area contributed by atoms with Crippen molar-refractivity contribution in [3.8, 4) is 0 Å². The monoisotopic (exact) mass is 403 g/mol. The lowest BCUT2D eigenvalue weighted by Crippen LogP contribution is -2.47. The number of rotatable bonds is 6. The van der Waals surface area contributed by atoms with Crippen molar-refractivity contribution in [2.24, 2.45) is 5.92 Å². The van der Waals surface area contributed by atoms with Gasteiger partial charge in [0.05, 0.1) is 12.0 Å². The van der Waals surface area contributed by atoms with Crippen LogP contribution in [0, 0.1) is 5.92 Å². The Bertz CT molecular complexity index is 643. The summed E-state index contributed by atoms with van der Waals surface area (Å²) in [6.45, 7) is 11.0. The smallest absolute Gasteiger partial charge is 0.309 e. The first-order valence-electron chi connectivity index (χ1n) is 11.0. The molecule has 0 spiro atoms. The molecule has 1 saturated carbocycles. The van der Waals surface area contributed by atoms with Gasteiger partial charge in [-0.25, -0.2) is 0 Å². The zero-order valence-corrected chi connectivity index (χ0v) is 18.3. The van der Waals surface area contributed by atoms with Crippen molar-refractivity contribution in [3.63, 3.8) is 0 Å². The maximum Gasteiger partial charge on any atom is 0.309 e. The molecule has 1 aromatic heterocycles.